The first-order valence-electron chi connectivity index (χ1n) is 8.87. The number of anilines is 1. The molecule has 3 heterocycles. The average molecular weight is 364 g/mol. The molecule has 1 aliphatic rings. The molecular formula is C19H20N6O2. The lowest BCUT2D eigenvalue weighted by atomic mass is 10.1. The lowest BCUT2D eigenvalue weighted by Gasteiger charge is -2.24. The van der Waals surface area contributed by atoms with Gasteiger partial charge in [-0.15, -0.1) is 0 Å². The van der Waals surface area contributed by atoms with Crippen LogP contribution in [0.2, 0.25) is 0 Å². The van der Waals surface area contributed by atoms with Gasteiger partial charge in [0.05, 0.1) is 0 Å². The Morgan fingerprint density at radius 3 is 3.04 bits per heavy atom. The molecule has 1 fully saturated rings. The van der Waals surface area contributed by atoms with Crippen molar-refractivity contribution in [3.05, 3.63) is 53.5 Å². The molecule has 8 nitrogen and oxygen atoms in total. The molecule has 3 N–H and O–H groups in total. The maximum absolute atomic E-state index is 12.0. The van der Waals surface area contributed by atoms with Crippen LogP contribution in [-0.4, -0.2) is 50.1 Å². The number of hydrogen-bond donors (Lipinski definition) is 3. The molecule has 0 saturated carbocycles. The summed E-state index contributed by atoms with van der Waals surface area (Å²) in [6.07, 6.45) is 3.28. The second kappa shape index (κ2) is 7.06. The number of nitrogens with one attached hydrogen (secondary N) is 3. The Bertz CT molecular complexity index is 1050. The minimum Gasteiger partial charge on any atom is -0.367 e. The molecule has 4 rings (SSSR count). The Hall–Kier alpha value is -3.42. The van der Waals surface area contributed by atoms with Crippen molar-refractivity contribution in [1.29, 1.82) is 0 Å². The Morgan fingerprint density at radius 1 is 1.41 bits per heavy atom. The maximum atomic E-state index is 12.0. The molecule has 1 aromatic carbocycles. The molecule has 27 heavy (non-hydrogen) atoms. The first-order chi connectivity index (χ1) is 13.2. The van der Waals surface area contributed by atoms with Gasteiger partial charge in [-0.2, -0.15) is 5.10 Å². The minimum absolute atomic E-state index is 0.0417. The summed E-state index contributed by atoms with van der Waals surface area (Å²) in [5.41, 5.74) is 0.194. The van der Waals surface area contributed by atoms with E-state index in [-0.39, 0.29) is 17.6 Å². The van der Waals surface area contributed by atoms with Gasteiger partial charge in [0.1, 0.15) is 11.5 Å². The van der Waals surface area contributed by atoms with Crippen LogP contribution in [0, 0.1) is 0 Å². The molecule has 0 bridgehead atoms. The number of rotatable bonds is 5. The van der Waals surface area contributed by atoms with E-state index in [1.54, 1.807) is 0 Å². The van der Waals surface area contributed by atoms with Crippen molar-refractivity contribution in [3.63, 3.8) is 0 Å². The third kappa shape index (κ3) is 3.33. The highest BCUT2D eigenvalue weighted by atomic mass is 16.2. The molecule has 8 heteroatoms. The summed E-state index contributed by atoms with van der Waals surface area (Å²) in [4.78, 5) is 32.5. The molecule has 1 aliphatic heterocycles. The largest absolute Gasteiger partial charge is 0.367 e. The van der Waals surface area contributed by atoms with E-state index in [0.717, 1.165) is 30.2 Å². The quantitative estimate of drug-likeness (QED) is 0.600. The van der Waals surface area contributed by atoms with Gasteiger partial charge in [0, 0.05) is 24.5 Å². The maximum Gasteiger partial charge on any atom is 0.340 e. The van der Waals surface area contributed by atoms with Crippen molar-refractivity contribution in [3.8, 4) is 11.5 Å². The third-order valence-corrected chi connectivity index (χ3v) is 4.82. The van der Waals surface area contributed by atoms with Crippen molar-refractivity contribution in [2.24, 2.45) is 0 Å². The van der Waals surface area contributed by atoms with E-state index in [1.165, 1.54) is 6.08 Å². The second-order valence-corrected chi connectivity index (χ2v) is 6.52. The van der Waals surface area contributed by atoms with Crippen LogP contribution < -0.4 is 11.0 Å². The van der Waals surface area contributed by atoms with Crippen LogP contribution >= 0.6 is 0 Å². The van der Waals surface area contributed by atoms with Crippen molar-refractivity contribution in [1.82, 2.24) is 25.1 Å². The highest BCUT2D eigenvalue weighted by Gasteiger charge is 2.27. The van der Waals surface area contributed by atoms with Crippen molar-refractivity contribution in [2.75, 3.05) is 18.4 Å². The number of H-pyrrole nitrogens is 2. The lowest BCUT2D eigenvalue weighted by molar-refractivity contribution is -0.126. The van der Waals surface area contributed by atoms with Crippen LogP contribution in [0.3, 0.4) is 0 Å². The van der Waals surface area contributed by atoms with Crippen LogP contribution in [0.15, 0.2) is 47.8 Å². The SMILES string of the molecule is C=CC(=O)N1CCCC1CNc1nc(-c2n[nH]c(=O)[nH]2)cc2ccccc12. The van der Waals surface area contributed by atoms with Gasteiger partial charge in [-0.05, 0) is 30.4 Å². The monoisotopic (exact) mass is 364 g/mol. The number of carbonyl (C=O) groups excluding carboxylic acids is 1. The zero-order valence-electron chi connectivity index (χ0n) is 14.7. The van der Waals surface area contributed by atoms with Gasteiger partial charge in [-0.3, -0.25) is 9.78 Å². The van der Waals surface area contributed by atoms with E-state index in [4.69, 9.17) is 0 Å². The van der Waals surface area contributed by atoms with Gasteiger partial charge in [-0.1, -0.05) is 30.8 Å². The van der Waals surface area contributed by atoms with E-state index in [1.807, 2.05) is 35.2 Å². The number of fused-ring (bicyclic) bond motifs is 1. The van der Waals surface area contributed by atoms with E-state index in [2.05, 4.69) is 32.1 Å². The minimum atomic E-state index is -0.376. The first kappa shape index (κ1) is 17.0. The predicted octanol–water partition coefficient (Wildman–Crippen LogP) is 1.90. The summed E-state index contributed by atoms with van der Waals surface area (Å²) >= 11 is 0. The summed E-state index contributed by atoms with van der Waals surface area (Å²) in [5.74, 6) is 1.04. The number of aromatic amines is 2. The molecule has 2 aromatic heterocycles. The van der Waals surface area contributed by atoms with Crippen LogP contribution in [-0.2, 0) is 4.79 Å². The number of benzene rings is 1. The van der Waals surface area contributed by atoms with Crippen molar-refractivity contribution in [2.45, 2.75) is 18.9 Å². The molecule has 3 aromatic rings. The molecule has 1 unspecified atom stereocenters. The fourth-order valence-electron chi connectivity index (χ4n) is 3.52. The Labute approximate surface area is 155 Å². The molecule has 1 saturated heterocycles. The number of amides is 1. The van der Waals surface area contributed by atoms with E-state index in [0.29, 0.717) is 23.9 Å². The summed E-state index contributed by atoms with van der Waals surface area (Å²) in [6, 6.07) is 9.86. The molecular weight excluding hydrogens is 344 g/mol. The number of aromatic nitrogens is 4. The highest BCUT2D eigenvalue weighted by molar-refractivity contribution is 5.94. The number of hydrogen-bond acceptors (Lipinski definition) is 5. The lowest BCUT2D eigenvalue weighted by Crippen LogP contribution is -2.38. The topological polar surface area (TPSA) is 107 Å². The van der Waals surface area contributed by atoms with Crippen LogP contribution in [0.25, 0.3) is 22.3 Å². The predicted molar refractivity (Wildman–Crippen MR) is 103 cm³/mol. The number of pyridine rings is 1. The fraction of sp³-hybridized carbons (Fsp3) is 0.263. The van der Waals surface area contributed by atoms with Crippen molar-refractivity contribution < 1.29 is 4.79 Å². The van der Waals surface area contributed by atoms with Gasteiger partial charge in [0.25, 0.3) is 0 Å². The van der Waals surface area contributed by atoms with Gasteiger partial charge in [-0.25, -0.2) is 14.9 Å². The van der Waals surface area contributed by atoms with Gasteiger partial charge in [0.15, 0.2) is 5.82 Å². The highest BCUT2D eigenvalue weighted by Crippen LogP contribution is 2.27. The fourth-order valence-corrected chi connectivity index (χ4v) is 3.52. The van der Waals surface area contributed by atoms with E-state index >= 15 is 0 Å². The Kier molecular flexibility index (Phi) is 4.45. The zero-order chi connectivity index (χ0) is 18.8. The van der Waals surface area contributed by atoms with Gasteiger partial charge in [0.2, 0.25) is 5.91 Å². The Morgan fingerprint density at radius 2 is 2.26 bits per heavy atom. The number of nitrogens with zero attached hydrogens (tertiary/aromatic N) is 3. The summed E-state index contributed by atoms with van der Waals surface area (Å²) in [6.45, 7) is 4.93. The molecule has 1 amide bonds. The molecule has 1 atom stereocenters. The Balaban J connectivity index is 1.65. The molecule has 0 aliphatic carbocycles. The summed E-state index contributed by atoms with van der Waals surface area (Å²) in [7, 11) is 0. The van der Waals surface area contributed by atoms with Crippen LogP contribution in [0.4, 0.5) is 5.82 Å². The number of likely N-dealkylation sites (tertiary alicyclic amines) is 1. The molecule has 138 valence electrons. The second-order valence-electron chi connectivity index (χ2n) is 6.52. The smallest absolute Gasteiger partial charge is 0.340 e. The summed E-state index contributed by atoms with van der Waals surface area (Å²) in [5, 5.41) is 11.7. The van der Waals surface area contributed by atoms with Crippen LogP contribution in [0.5, 0.6) is 0 Å². The number of carbonyl (C=O) groups is 1. The molecule has 0 radical (unpaired) electrons. The van der Waals surface area contributed by atoms with Gasteiger partial charge < -0.3 is 10.2 Å². The van der Waals surface area contributed by atoms with E-state index in [9.17, 15) is 9.59 Å². The van der Waals surface area contributed by atoms with Crippen molar-refractivity contribution >= 4 is 22.5 Å². The zero-order valence-corrected chi connectivity index (χ0v) is 14.7. The average Bonchev–Trinajstić information content (AvgIpc) is 3.34. The molecule has 0 spiro atoms. The van der Waals surface area contributed by atoms with Gasteiger partial charge >= 0.3 is 5.69 Å². The third-order valence-electron chi connectivity index (χ3n) is 4.82. The summed E-state index contributed by atoms with van der Waals surface area (Å²) < 4.78 is 0. The normalized spacial score (nSPS) is 16.6. The standard InChI is InChI=1S/C19H20N6O2/c1-2-16(26)25-9-5-7-13(25)11-20-17-14-8-4-3-6-12(14)10-15(21-17)18-22-19(27)24-23-18/h2-4,6,8,10,13H,1,5,7,9,11H2,(H,20,21)(H2,22,23,24,27). The first-order valence-corrected chi connectivity index (χ1v) is 8.87. The van der Waals surface area contributed by atoms with E-state index < -0.39 is 0 Å². The van der Waals surface area contributed by atoms with Crippen LogP contribution in [0.1, 0.15) is 12.8 Å².